The number of ether oxygens (including phenoxy) is 1. The lowest BCUT2D eigenvalue weighted by Gasteiger charge is -2.36. The van der Waals surface area contributed by atoms with Gasteiger partial charge in [0.15, 0.2) is 4.90 Å². The molecule has 0 aliphatic carbocycles. The molecule has 1 atom stereocenters. The van der Waals surface area contributed by atoms with Crippen molar-refractivity contribution in [1.29, 1.82) is 0 Å². The summed E-state index contributed by atoms with van der Waals surface area (Å²) in [6.45, 7) is -1.07. The number of carbonyl (C=O) groups excluding carboxylic acids is 1. The molecule has 1 aliphatic heterocycles. The van der Waals surface area contributed by atoms with Crippen LogP contribution in [0.4, 0.5) is 23.2 Å². The minimum absolute atomic E-state index is 0.0466. The standard InChI is InChI=1S/C20H21F4N3O4S/c1-13(19(28)25-14-5-7-15(8-6-14)31-20(23)24)26-9-11-27(12-10-26)32(29,30)18-16(21)3-2-4-17(18)22/h2-8,13,20H,9-12H2,1H3,(H,25,28). The number of amides is 1. The molecular weight excluding hydrogens is 454 g/mol. The lowest BCUT2D eigenvalue weighted by atomic mass is 10.2. The van der Waals surface area contributed by atoms with Gasteiger partial charge >= 0.3 is 6.61 Å². The van der Waals surface area contributed by atoms with E-state index in [0.29, 0.717) is 5.69 Å². The van der Waals surface area contributed by atoms with Crippen LogP contribution in [0.25, 0.3) is 0 Å². The highest BCUT2D eigenvalue weighted by atomic mass is 32.2. The Morgan fingerprint density at radius 3 is 2.09 bits per heavy atom. The lowest BCUT2D eigenvalue weighted by molar-refractivity contribution is -0.121. The summed E-state index contributed by atoms with van der Waals surface area (Å²) in [5, 5.41) is 2.65. The molecule has 1 amide bonds. The first-order valence-corrected chi connectivity index (χ1v) is 11.1. The van der Waals surface area contributed by atoms with Crippen molar-refractivity contribution in [2.45, 2.75) is 24.5 Å². The maximum Gasteiger partial charge on any atom is 0.387 e. The van der Waals surface area contributed by atoms with Crippen LogP contribution >= 0.6 is 0 Å². The van der Waals surface area contributed by atoms with Crippen LogP contribution < -0.4 is 10.1 Å². The number of hydrogen-bond acceptors (Lipinski definition) is 5. The average molecular weight is 475 g/mol. The highest BCUT2D eigenvalue weighted by Crippen LogP contribution is 2.24. The fourth-order valence-corrected chi connectivity index (χ4v) is 4.85. The number of carbonyl (C=O) groups is 1. The summed E-state index contributed by atoms with van der Waals surface area (Å²) in [4.78, 5) is 13.3. The second-order valence-corrected chi connectivity index (χ2v) is 8.93. The summed E-state index contributed by atoms with van der Waals surface area (Å²) in [6.07, 6.45) is 0. The maximum absolute atomic E-state index is 14.0. The van der Waals surface area contributed by atoms with E-state index < -0.39 is 39.2 Å². The van der Waals surface area contributed by atoms with Crippen LogP contribution in [0.1, 0.15) is 6.92 Å². The Hall–Kier alpha value is -2.70. The van der Waals surface area contributed by atoms with Crippen molar-refractivity contribution in [2.24, 2.45) is 0 Å². The number of halogens is 4. The highest BCUT2D eigenvalue weighted by Gasteiger charge is 2.35. The van der Waals surface area contributed by atoms with Crippen LogP contribution in [-0.2, 0) is 14.8 Å². The molecule has 0 saturated carbocycles. The van der Waals surface area contributed by atoms with Gasteiger partial charge in [0.2, 0.25) is 15.9 Å². The molecule has 7 nitrogen and oxygen atoms in total. The summed E-state index contributed by atoms with van der Waals surface area (Å²) in [5.41, 5.74) is 0.375. The van der Waals surface area contributed by atoms with Crippen molar-refractivity contribution in [3.05, 3.63) is 54.1 Å². The molecule has 1 fully saturated rings. The van der Waals surface area contributed by atoms with Gasteiger partial charge in [0.25, 0.3) is 0 Å². The molecule has 1 N–H and O–H groups in total. The molecule has 0 radical (unpaired) electrons. The smallest absolute Gasteiger partial charge is 0.387 e. The van der Waals surface area contributed by atoms with Gasteiger partial charge in [0.05, 0.1) is 6.04 Å². The molecule has 174 valence electrons. The summed E-state index contributed by atoms with van der Waals surface area (Å²) in [7, 11) is -4.36. The van der Waals surface area contributed by atoms with Gasteiger partial charge in [-0.25, -0.2) is 17.2 Å². The Labute approximate surface area is 182 Å². The zero-order valence-electron chi connectivity index (χ0n) is 17.0. The van der Waals surface area contributed by atoms with Crippen LogP contribution in [0, 0.1) is 11.6 Å². The number of benzene rings is 2. The molecule has 2 aromatic carbocycles. The fourth-order valence-electron chi connectivity index (χ4n) is 3.32. The van der Waals surface area contributed by atoms with E-state index in [9.17, 15) is 30.8 Å². The van der Waals surface area contributed by atoms with Crippen LogP contribution in [0.15, 0.2) is 47.4 Å². The van der Waals surface area contributed by atoms with Crippen molar-refractivity contribution in [3.8, 4) is 5.75 Å². The molecule has 0 aromatic heterocycles. The Morgan fingerprint density at radius 2 is 1.56 bits per heavy atom. The van der Waals surface area contributed by atoms with Crippen molar-refractivity contribution < 1.29 is 35.5 Å². The van der Waals surface area contributed by atoms with E-state index in [2.05, 4.69) is 10.1 Å². The molecule has 12 heteroatoms. The lowest BCUT2D eigenvalue weighted by Crippen LogP contribution is -2.54. The number of hydrogen-bond donors (Lipinski definition) is 1. The molecule has 0 spiro atoms. The quantitative estimate of drug-likeness (QED) is 0.623. The van der Waals surface area contributed by atoms with E-state index >= 15 is 0 Å². The van der Waals surface area contributed by atoms with Crippen LogP contribution in [0.3, 0.4) is 0 Å². The normalized spacial score (nSPS) is 16.7. The molecule has 32 heavy (non-hydrogen) atoms. The molecule has 1 saturated heterocycles. The number of rotatable bonds is 7. The van der Waals surface area contributed by atoms with E-state index in [0.717, 1.165) is 22.5 Å². The number of nitrogens with zero attached hydrogens (tertiary/aromatic N) is 2. The van der Waals surface area contributed by atoms with Crippen LogP contribution in [0.5, 0.6) is 5.75 Å². The van der Waals surface area contributed by atoms with Crippen molar-refractivity contribution >= 4 is 21.6 Å². The Bertz CT molecular complexity index is 1040. The van der Waals surface area contributed by atoms with Gasteiger partial charge in [-0.05, 0) is 43.3 Å². The zero-order chi connectivity index (χ0) is 23.5. The monoisotopic (exact) mass is 475 g/mol. The van der Waals surface area contributed by atoms with Gasteiger partial charge < -0.3 is 10.1 Å². The van der Waals surface area contributed by atoms with Gasteiger partial charge in [-0.1, -0.05) is 6.07 Å². The van der Waals surface area contributed by atoms with Gasteiger partial charge in [-0.15, -0.1) is 0 Å². The molecule has 3 rings (SSSR count). The summed E-state index contributed by atoms with van der Waals surface area (Å²) >= 11 is 0. The van der Waals surface area contributed by atoms with Crippen molar-refractivity contribution in [1.82, 2.24) is 9.21 Å². The van der Waals surface area contributed by atoms with E-state index in [-0.39, 0.29) is 37.8 Å². The second kappa shape index (κ2) is 9.84. The molecule has 0 bridgehead atoms. The first-order valence-electron chi connectivity index (χ1n) is 9.63. The van der Waals surface area contributed by atoms with Crippen molar-refractivity contribution in [3.63, 3.8) is 0 Å². The third kappa shape index (κ3) is 5.37. The van der Waals surface area contributed by atoms with E-state index in [1.807, 2.05) is 0 Å². The number of anilines is 1. The summed E-state index contributed by atoms with van der Waals surface area (Å²) in [6, 6.07) is 7.61. The number of piperazine rings is 1. The minimum Gasteiger partial charge on any atom is -0.435 e. The van der Waals surface area contributed by atoms with Gasteiger partial charge in [0.1, 0.15) is 17.4 Å². The molecule has 2 aromatic rings. The SMILES string of the molecule is CC(C(=O)Nc1ccc(OC(F)F)cc1)N1CCN(S(=O)(=O)c2c(F)cccc2F)CC1. The number of nitrogens with one attached hydrogen (secondary N) is 1. The number of sulfonamides is 1. The predicted molar refractivity (Wildman–Crippen MR) is 108 cm³/mol. The summed E-state index contributed by atoms with van der Waals surface area (Å²) < 4.78 is 82.9. The average Bonchev–Trinajstić information content (AvgIpc) is 2.74. The van der Waals surface area contributed by atoms with Crippen LogP contribution in [-0.4, -0.2) is 62.4 Å². The van der Waals surface area contributed by atoms with E-state index in [4.69, 9.17) is 0 Å². The highest BCUT2D eigenvalue weighted by molar-refractivity contribution is 7.89. The Kier molecular flexibility index (Phi) is 7.36. The maximum atomic E-state index is 14.0. The molecule has 1 heterocycles. The predicted octanol–water partition coefficient (Wildman–Crippen LogP) is 2.90. The first kappa shape index (κ1) is 24.0. The molecule has 1 aliphatic rings. The van der Waals surface area contributed by atoms with Crippen molar-refractivity contribution in [2.75, 3.05) is 31.5 Å². The molecular formula is C20H21F4N3O4S. The second-order valence-electron chi connectivity index (χ2n) is 7.06. The minimum atomic E-state index is -4.36. The van der Waals surface area contributed by atoms with Crippen LogP contribution in [0.2, 0.25) is 0 Å². The topological polar surface area (TPSA) is 79.0 Å². The third-order valence-corrected chi connectivity index (χ3v) is 7.02. The zero-order valence-corrected chi connectivity index (χ0v) is 17.8. The largest absolute Gasteiger partial charge is 0.435 e. The Balaban J connectivity index is 1.59. The van der Waals surface area contributed by atoms with Gasteiger partial charge in [0, 0.05) is 31.9 Å². The van der Waals surface area contributed by atoms with Gasteiger partial charge in [-0.3, -0.25) is 9.69 Å². The molecule has 1 unspecified atom stereocenters. The van der Waals surface area contributed by atoms with Gasteiger partial charge in [-0.2, -0.15) is 13.1 Å². The summed E-state index contributed by atoms with van der Waals surface area (Å²) in [5.74, 6) is -2.76. The number of alkyl halides is 2. The van der Waals surface area contributed by atoms with E-state index in [1.54, 1.807) is 11.8 Å². The fraction of sp³-hybridized carbons (Fsp3) is 0.350. The Morgan fingerprint density at radius 1 is 1.00 bits per heavy atom. The van der Waals surface area contributed by atoms with E-state index in [1.165, 1.54) is 24.3 Å². The third-order valence-electron chi connectivity index (χ3n) is 5.06. The first-order chi connectivity index (χ1) is 15.1.